The van der Waals surface area contributed by atoms with Gasteiger partial charge in [0.2, 0.25) is 0 Å². The topological polar surface area (TPSA) is 82.8 Å². The van der Waals surface area contributed by atoms with Crippen molar-refractivity contribution in [3.63, 3.8) is 0 Å². The lowest BCUT2D eigenvalue weighted by atomic mass is 9.96. The SMILES string of the molecule is Cc1ccoc1CNC(=O)N1C[C@@H](C(F)(F)F)[C@H](C(=O)O)C1. The number of hydrogen-bond donors (Lipinski definition) is 2. The summed E-state index contributed by atoms with van der Waals surface area (Å²) in [6.45, 7) is 0.662. The number of halogens is 3. The second kappa shape index (κ2) is 5.90. The van der Waals surface area contributed by atoms with E-state index in [1.54, 1.807) is 13.0 Å². The van der Waals surface area contributed by atoms with E-state index >= 15 is 0 Å². The van der Waals surface area contributed by atoms with Crippen LogP contribution in [-0.4, -0.2) is 41.3 Å². The van der Waals surface area contributed by atoms with Crippen LogP contribution in [0.25, 0.3) is 0 Å². The van der Waals surface area contributed by atoms with Crippen LogP contribution in [-0.2, 0) is 11.3 Å². The van der Waals surface area contributed by atoms with Crippen LogP contribution in [0.3, 0.4) is 0 Å². The molecule has 1 aromatic rings. The first kappa shape index (κ1) is 16.2. The van der Waals surface area contributed by atoms with Crippen LogP contribution in [0.5, 0.6) is 0 Å². The van der Waals surface area contributed by atoms with E-state index in [0.717, 1.165) is 10.5 Å². The largest absolute Gasteiger partial charge is 0.481 e. The molecule has 0 bridgehead atoms. The summed E-state index contributed by atoms with van der Waals surface area (Å²) in [6.07, 6.45) is -3.22. The Morgan fingerprint density at radius 2 is 2.14 bits per heavy atom. The Balaban J connectivity index is 1.99. The van der Waals surface area contributed by atoms with Crippen LogP contribution in [0.1, 0.15) is 11.3 Å². The molecule has 0 spiro atoms. The van der Waals surface area contributed by atoms with Crippen molar-refractivity contribution < 1.29 is 32.3 Å². The quantitative estimate of drug-likeness (QED) is 0.892. The number of amides is 2. The van der Waals surface area contributed by atoms with Gasteiger partial charge in [-0.2, -0.15) is 13.2 Å². The Bertz CT molecular complexity index is 570. The molecule has 2 heterocycles. The number of furan rings is 1. The number of rotatable bonds is 3. The van der Waals surface area contributed by atoms with Gasteiger partial charge in [0.25, 0.3) is 0 Å². The van der Waals surface area contributed by atoms with Crippen molar-refractivity contribution in [2.75, 3.05) is 13.1 Å². The number of carbonyl (C=O) groups is 2. The van der Waals surface area contributed by atoms with Crippen LogP contribution in [0.4, 0.5) is 18.0 Å². The lowest BCUT2D eigenvalue weighted by Gasteiger charge is -2.18. The fraction of sp³-hybridized carbons (Fsp3) is 0.538. The summed E-state index contributed by atoms with van der Waals surface area (Å²) >= 11 is 0. The first-order chi connectivity index (χ1) is 10.2. The molecule has 2 N–H and O–H groups in total. The van der Waals surface area contributed by atoms with E-state index in [1.807, 2.05) is 0 Å². The molecule has 0 saturated carbocycles. The molecule has 22 heavy (non-hydrogen) atoms. The molecular formula is C13H15F3N2O4. The van der Waals surface area contributed by atoms with Crippen molar-refractivity contribution in [3.05, 3.63) is 23.7 Å². The third-order valence-corrected chi connectivity index (χ3v) is 3.71. The van der Waals surface area contributed by atoms with Crippen molar-refractivity contribution in [2.24, 2.45) is 11.8 Å². The Morgan fingerprint density at radius 1 is 1.45 bits per heavy atom. The van der Waals surface area contributed by atoms with E-state index < -0.39 is 43.1 Å². The Labute approximate surface area is 123 Å². The summed E-state index contributed by atoms with van der Waals surface area (Å²) in [5.74, 6) is -4.76. The standard InChI is InChI=1S/C13H15F3N2O4/c1-7-2-3-22-10(7)4-17-12(21)18-5-8(11(19)20)9(6-18)13(14,15)16/h2-3,8-9H,4-6H2,1H3,(H,17,21)(H,19,20)/t8-,9-/m1/s1. The average Bonchev–Trinajstić information content (AvgIpc) is 3.01. The number of urea groups is 1. The maximum atomic E-state index is 12.8. The monoisotopic (exact) mass is 320 g/mol. The second-order valence-electron chi connectivity index (χ2n) is 5.18. The van der Waals surface area contributed by atoms with Gasteiger partial charge in [-0.1, -0.05) is 0 Å². The number of likely N-dealkylation sites (tertiary alicyclic amines) is 1. The molecule has 1 aliphatic rings. The molecule has 1 aromatic heterocycles. The minimum atomic E-state index is -4.66. The number of carboxylic acids is 1. The van der Waals surface area contributed by atoms with Gasteiger partial charge < -0.3 is 19.7 Å². The highest BCUT2D eigenvalue weighted by Gasteiger charge is 2.53. The van der Waals surface area contributed by atoms with Crippen LogP contribution >= 0.6 is 0 Å². The number of nitrogens with zero attached hydrogens (tertiary/aromatic N) is 1. The third kappa shape index (κ3) is 3.34. The minimum Gasteiger partial charge on any atom is -0.481 e. The Kier molecular flexibility index (Phi) is 4.34. The van der Waals surface area contributed by atoms with Gasteiger partial charge >= 0.3 is 18.2 Å². The predicted octanol–water partition coefficient (Wildman–Crippen LogP) is 1.99. The summed E-state index contributed by atoms with van der Waals surface area (Å²) in [6, 6.07) is 0.950. The zero-order valence-electron chi connectivity index (χ0n) is 11.7. The lowest BCUT2D eigenvalue weighted by Crippen LogP contribution is -2.39. The summed E-state index contributed by atoms with van der Waals surface area (Å²) in [5.41, 5.74) is 0.804. The van der Waals surface area contributed by atoms with Gasteiger partial charge in [0.1, 0.15) is 5.76 Å². The molecule has 2 atom stereocenters. The molecule has 0 aliphatic carbocycles. The molecule has 0 aromatic carbocycles. The number of nitrogens with one attached hydrogen (secondary N) is 1. The van der Waals surface area contributed by atoms with E-state index in [-0.39, 0.29) is 6.54 Å². The molecule has 1 saturated heterocycles. The van der Waals surface area contributed by atoms with Gasteiger partial charge in [-0.15, -0.1) is 0 Å². The molecule has 1 aliphatic heterocycles. The van der Waals surface area contributed by atoms with Crippen LogP contribution in [0.2, 0.25) is 0 Å². The number of hydrogen-bond acceptors (Lipinski definition) is 3. The number of alkyl halides is 3. The van der Waals surface area contributed by atoms with Crippen molar-refractivity contribution in [1.82, 2.24) is 10.2 Å². The fourth-order valence-electron chi connectivity index (χ4n) is 2.40. The summed E-state index contributed by atoms with van der Waals surface area (Å²) in [7, 11) is 0. The summed E-state index contributed by atoms with van der Waals surface area (Å²) < 4.78 is 43.6. The van der Waals surface area contributed by atoms with Crippen LogP contribution in [0, 0.1) is 18.8 Å². The lowest BCUT2D eigenvalue weighted by molar-refractivity contribution is -0.187. The highest BCUT2D eigenvalue weighted by atomic mass is 19.4. The summed E-state index contributed by atoms with van der Waals surface area (Å²) in [5, 5.41) is 11.3. The first-order valence-electron chi connectivity index (χ1n) is 6.55. The van der Waals surface area contributed by atoms with Crippen molar-refractivity contribution in [1.29, 1.82) is 0 Å². The van der Waals surface area contributed by atoms with E-state index in [2.05, 4.69) is 5.32 Å². The number of aryl methyl sites for hydroxylation is 1. The highest BCUT2D eigenvalue weighted by Crippen LogP contribution is 2.37. The smallest absolute Gasteiger partial charge is 0.394 e. The molecule has 1 fully saturated rings. The third-order valence-electron chi connectivity index (χ3n) is 3.71. The van der Waals surface area contributed by atoms with Crippen molar-refractivity contribution in [3.8, 4) is 0 Å². The van der Waals surface area contributed by atoms with E-state index in [4.69, 9.17) is 9.52 Å². The molecular weight excluding hydrogens is 305 g/mol. The van der Waals surface area contributed by atoms with Gasteiger partial charge in [-0.3, -0.25) is 4.79 Å². The van der Waals surface area contributed by atoms with Crippen LogP contribution in [0.15, 0.2) is 16.7 Å². The van der Waals surface area contributed by atoms with Gasteiger partial charge in [0, 0.05) is 13.1 Å². The maximum Gasteiger partial charge on any atom is 0.394 e. The zero-order chi connectivity index (χ0) is 16.5. The van der Waals surface area contributed by atoms with Crippen molar-refractivity contribution >= 4 is 12.0 Å². The molecule has 6 nitrogen and oxygen atoms in total. The van der Waals surface area contributed by atoms with E-state index in [9.17, 15) is 22.8 Å². The minimum absolute atomic E-state index is 0.0303. The van der Waals surface area contributed by atoms with Gasteiger partial charge in [0.05, 0.1) is 24.6 Å². The van der Waals surface area contributed by atoms with Gasteiger partial charge in [-0.05, 0) is 18.6 Å². The number of carbonyl (C=O) groups excluding carboxylic acids is 1. The normalized spacial score (nSPS) is 21.9. The molecule has 2 amide bonds. The Morgan fingerprint density at radius 3 is 2.59 bits per heavy atom. The van der Waals surface area contributed by atoms with E-state index in [0.29, 0.717) is 5.76 Å². The molecule has 122 valence electrons. The maximum absolute atomic E-state index is 12.8. The van der Waals surface area contributed by atoms with Crippen molar-refractivity contribution in [2.45, 2.75) is 19.6 Å². The molecule has 9 heteroatoms. The van der Waals surface area contributed by atoms with E-state index in [1.165, 1.54) is 6.26 Å². The molecule has 0 radical (unpaired) electrons. The molecule has 0 unspecified atom stereocenters. The Hall–Kier alpha value is -2.19. The van der Waals surface area contributed by atoms with Gasteiger partial charge in [-0.25, -0.2) is 4.79 Å². The average molecular weight is 320 g/mol. The van der Waals surface area contributed by atoms with Crippen LogP contribution < -0.4 is 5.32 Å². The molecule has 2 rings (SSSR count). The number of aliphatic carboxylic acids is 1. The number of carboxylic acid groups (broad SMARTS) is 1. The predicted molar refractivity (Wildman–Crippen MR) is 67.9 cm³/mol. The fourth-order valence-corrected chi connectivity index (χ4v) is 2.40. The first-order valence-corrected chi connectivity index (χ1v) is 6.55. The second-order valence-corrected chi connectivity index (χ2v) is 5.18. The summed E-state index contributed by atoms with van der Waals surface area (Å²) in [4.78, 5) is 23.7. The highest BCUT2D eigenvalue weighted by molar-refractivity contribution is 5.77. The van der Waals surface area contributed by atoms with Gasteiger partial charge in [0.15, 0.2) is 0 Å². The zero-order valence-corrected chi connectivity index (χ0v) is 11.7.